The maximum absolute atomic E-state index is 12.8. The Morgan fingerprint density at radius 3 is 2.57 bits per heavy atom. The van der Waals surface area contributed by atoms with Crippen LogP contribution < -0.4 is 4.72 Å². The van der Waals surface area contributed by atoms with Crippen LogP contribution in [0.4, 0.5) is 10.5 Å². The summed E-state index contributed by atoms with van der Waals surface area (Å²) in [6.07, 6.45) is 2.24. The van der Waals surface area contributed by atoms with E-state index in [1.54, 1.807) is 48.5 Å². The summed E-state index contributed by atoms with van der Waals surface area (Å²) in [5.74, 6) is 0.403. The normalized spacial score (nSPS) is 15.4. The van der Waals surface area contributed by atoms with Gasteiger partial charge in [0.25, 0.3) is 10.0 Å². The van der Waals surface area contributed by atoms with Gasteiger partial charge in [0.1, 0.15) is 0 Å². The molecule has 0 spiro atoms. The molecule has 4 rings (SSSR count). The molecule has 2 N–H and O–H groups in total. The van der Waals surface area contributed by atoms with Crippen molar-refractivity contribution in [2.75, 3.05) is 17.8 Å². The van der Waals surface area contributed by atoms with E-state index in [4.69, 9.17) is 9.63 Å². The Morgan fingerprint density at radius 1 is 1.13 bits per heavy atom. The Kier molecular flexibility index (Phi) is 5.63. The number of nitrogens with zero attached hydrogens (tertiary/aromatic N) is 2. The van der Waals surface area contributed by atoms with E-state index in [0.29, 0.717) is 47.8 Å². The highest BCUT2D eigenvalue weighted by molar-refractivity contribution is 7.92. The molecule has 1 fully saturated rings. The van der Waals surface area contributed by atoms with E-state index in [1.807, 2.05) is 0 Å². The van der Waals surface area contributed by atoms with Crippen molar-refractivity contribution in [1.82, 2.24) is 10.1 Å². The first-order valence-corrected chi connectivity index (χ1v) is 11.4. The van der Waals surface area contributed by atoms with Gasteiger partial charge in [-0.3, -0.25) is 4.72 Å². The minimum atomic E-state index is -3.73. The second kappa shape index (κ2) is 8.35. The minimum Gasteiger partial charge on any atom is -0.465 e. The molecule has 2 aromatic carbocycles. The van der Waals surface area contributed by atoms with Crippen molar-refractivity contribution in [3.05, 3.63) is 54.2 Å². The van der Waals surface area contributed by atoms with E-state index in [0.717, 1.165) is 19.3 Å². The zero-order valence-corrected chi connectivity index (χ0v) is 17.1. The molecule has 1 amide bonds. The second-order valence-electron chi connectivity index (χ2n) is 7.48. The van der Waals surface area contributed by atoms with Crippen LogP contribution in [0.3, 0.4) is 0 Å². The van der Waals surface area contributed by atoms with Gasteiger partial charge in [-0.15, -0.1) is 0 Å². The zero-order chi connectivity index (χ0) is 21.1. The molecule has 1 saturated heterocycles. The van der Waals surface area contributed by atoms with E-state index >= 15 is 0 Å². The number of anilines is 1. The molecule has 2 heterocycles. The van der Waals surface area contributed by atoms with E-state index < -0.39 is 16.1 Å². The topological polar surface area (TPSA) is 113 Å². The highest BCUT2D eigenvalue weighted by Crippen LogP contribution is 2.31. The van der Waals surface area contributed by atoms with Crippen LogP contribution in [-0.4, -0.2) is 42.8 Å². The summed E-state index contributed by atoms with van der Waals surface area (Å²) in [7, 11) is -3.73. The van der Waals surface area contributed by atoms with Crippen molar-refractivity contribution >= 4 is 32.8 Å². The molecule has 0 bridgehead atoms. The molecule has 3 aromatic rings. The molecule has 158 valence electrons. The number of amides is 1. The number of fused-ring (bicyclic) bond motifs is 1. The number of benzene rings is 2. The Bertz CT molecular complexity index is 1140. The average Bonchev–Trinajstić information content (AvgIpc) is 3.17. The predicted molar refractivity (Wildman–Crippen MR) is 112 cm³/mol. The van der Waals surface area contributed by atoms with E-state index in [2.05, 4.69) is 9.88 Å². The Hall–Kier alpha value is -3.07. The Balaban J connectivity index is 1.51. The zero-order valence-electron chi connectivity index (χ0n) is 16.3. The van der Waals surface area contributed by atoms with Crippen LogP contribution in [0.15, 0.2) is 57.9 Å². The summed E-state index contributed by atoms with van der Waals surface area (Å²) in [6, 6.07) is 13.4. The number of sulfonamides is 1. The van der Waals surface area contributed by atoms with E-state index in [9.17, 15) is 13.2 Å². The molecule has 8 nitrogen and oxygen atoms in total. The van der Waals surface area contributed by atoms with Crippen molar-refractivity contribution in [2.24, 2.45) is 5.92 Å². The van der Waals surface area contributed by atoms with Gasteiger partial charge in [0.15, 0.2) is 5.58 Å². The molecule has 1 aliphatic rings. The Labute approximate surface area is 174 Å². The largest absolute Gasteiger partial charge is 0.465 e. The fraction of sp³-hybridized carbons (Fsp3) is 0.333. The van der Waals surface area contributed by atoms with Gasteiger partial charge in [-0.05, 0) is 55.9 Å². The van der Waals surface area contributed by atoms with Crippen LogP contribution in [0.5, 0.6) is 0 Å². The number of hydrogen-bond acceptors (Lipinski definition) is 5. The fourth-order valence-electron chi connectivity index (χ4n) is 3.87. The SMILES string of the molecule is O=C(O)N1CCC(CCc2noc3cccc(NS(=O)(=O)c4ccccc4)c23)CC1. The molecular weight excluding hydrogens is 406 g/mol. The number of aryl methyl sites for hydroxylation is 1. The number of hydrogen-bond donors (Lipinski definition) is 2. The van der Waals surface area contributed by atoms with Gasteiger partial charge in [0, 0.05) is 13.1 Å². The molecule has 0 atom stereocenters. The van der Waals surface area contributed by atoms with Crippen molar-refractivity contribution in [3.63, 3.8) is 0 Å². The average molecular weight is 429 g/mol. The van der Waals surface area contributed by atoms with E-state index in [-0.39, 0.29) is 4.90 Å². The van der Waals surface area contributed by atoms with Crippen molar-refractivity contribution in [1.29, 1.82) is 0 Å². The molecule has 0 saturated carbocycles. The number of nitrogens with one attached hydrogen (secondary N) is 1. The van der Waals surface area contributed by atoms with Crippen LogP contribution in [0.25, 0.3) is 11.0 Å². The second-order valence-corrected chi connectivity index (χ2v) is 9.16. The molecule has 1 aromatic heterocycles. The van der Waals surface area contributed by atoms with E-state index in [1.165, 1.54) is 4.90 Å². The smallest absolute Gasteiger partial charge is 0.407 e. The number of likely N-dealkylation sites (tertiary alicyclic amines) is 1. The van der Waals surface area contributed by atoms with Crippen molar-refractivity contribution < 1.29 is 22.8 Å². The lowest BCUT2D eigenvalue weighted by atomic mass is 9.91. The van der Waals surface area contributed by atoms with Crippen molar-refractivity contribution in [3.8, 4) is 0 Å². The molecular formula is C21H23N3O5S. The number of piperidine rings is 1. The first kappa shape index (κ1) is 20.2. The number of rotatable bonds is 6. The first-order valence-electron chi connectivity index (χ1n) is 9.87. The summed E-state index contributed by atoms with van der Waals surface area (Å²) in [5, 5.41) is 13.9. The first-order chi connectivity index (χ1) is 14.4. The lowest BCUT2D eigenvalue weighted by molar-refractivity contribution is 0.123. The van der Waals surface area contributed by atoms with Crippen LogP contribution >= 0.6 is 0 Å². The fourth-order valence-corrected chi connectivity index (χ4v) is 4.96. The lowest BCUT2D eigenvalue weighted by Gasteiger charge is -2.29. The van der Waals surface area contributed by atoms with Gasteiger partial charge >= 0.3 is 6.09 Å². The standard InChI is InChI=1S/C21H23N3O5S/c25-21(26)24-13-11-15(12-14-24)9-10-17-20-18(7-4-8-19(20)29-22-17)23-30(27,28)16-5-2-1-3-6-16/h1-8,15,23H,9-14H2,(H,25,26). The molecule has 30 heavy (non-hydrogen) atoms. The monoisotopic (exact) mass is 429 g/mol. The summed E-state index contributed by atoms with van der Waals surface area (Å²) < 4.78 is 33.6. The maximum atomic E-state index is 12.8. The highest BCUT2D eigenvalue weighted by atomic mass is 32.2. The minimum absolute atomic E-state index is 0.185. The van der Waals surface area contributed by atoms with Gasteiger partial charge < -0.3 is 14.5 Å². The molecule has 0 radical (unpaired) electrons. The number of carbonyl (C=O) groups is 1. The van der Waals surface area contributed by atoms with Gasteiger partial charge in [-0.1, -0.05) is 29.4 Å². The van der Waals surface area contributed by atoms with Gasteiger partial charge in [-0.2, -0.15) is 0 Å². The third-order valence-corrected chi connectivity index (χ3v) is 6.92. The maximum Gasteiger partial charge on any atom is 0.407 e. The van der Waals surface area contributed by atoms with Crippen molar-refractivity contribution in [2.45, 2.75) is 30.6 Å². The quantitative estimate of drug-likeness (QED) is 0.613. The summed E-state index contributed by atoms with van der Waals surface area (Å²) in [4.78, 5) is 12.7. The highest BCUT2D eigenvalue weighted by Gasteiger charge is 2.24. The van der Waals surface area contributed by atoms with Crippen LogP contribution in [0, 0.1) is 5.92 Å². The Morgan fingerprint density at radius 2 is 1.87 bits per heavy atom. The molecule has 9 heteroatoms. The molecule has 0 aliphatic carbocycles. The molecule has 1 aliphatic heterocycles. The third-order valence-electron chi connectivity index (χ3n) is 5.54. The summed E-state index contributed by atoms with van der Waals surface area (Å²) >= 11 is 0. The third kappa shape index (κ3) is 4.25. The van der Waals surface area contributed by atoms with Gasteiger partial charge in [0.2, 0.25) is 0 Å². The summed E-state index contributed by atoms with van der Waals surface area (Å²) in [6.45, 7) is 1.09. The van der Waals surface area contributed by atoms with Crippen LogP contribution in [0.2, 0.25) is 0 Å². The van der Waals surface area contributed by atoms with Gasteiger partial charge in [-0.25, -0.2) is 13.2 Å². The van der Waals surface area contributed by atoms with Crippen LogP contribution in [-0.2, 0) is 16.4 Å². The predicted octanol–water partition coefficient (Wildman–Crippen LogP) is 3.95. The lowest BCUT2D eigenvalue weighted by Crippen LogP contribution is -2.37. The molecule has 0 unspecified atom stereocenters. The van der Waals surface area contributed by atoms with Crippen LogP contribution in [0.1, 0.15) is 25.0 Å². The number of carboxylic acid groups (broad SMARTS) is 1. The van der Waals surface area contributed by atoms with Gasteiger partial charge in [0.05, 0.1) is 21.7 Å². The number of aromatic nitrogens is 1. The summed E-state index contributed by atoms with van der Waals surface area (Å²) in [5.41, 5.74) is 1.67.